The number of amides is 2. The molecule has 1 heterocycles. The minimum Gasteiger partial charge on any atom is -0.481 e. The zero-order valence-corrected chi connectivity index (χ0v) is 15.6. The third-order valence-corrected chi connectivity index (χ3v) is 4.38. The molecular weight excluding hydrogens is 344 g/mol. The van der Waals surface area contributed by atoms with Crippen LogP contribution in [0, 0.1) is 6.92 Å². The Bertz CT molecular complexity index is 798. The Morgan fingerprint density at radius 2 is 1.81 bits per heavy atom. The summed E-state index contributed by atoms with van der Waals surface area (Å²) in [6, 6.07) is 14.5. The maximum Gasteiger partial charge on any atom is 0.265 e. The minimum absolute atomic E-state index is 0.0571. The lowest BCUT2D eigenvalue weighted by molar-refractivity contribution is -0.122. The SMILES string of the molecule is Cc1ccc(O[C@H](C)C(=O)Nc2cccc(C(=O)N3CCOCC3)c2)cc1. The van der Waals surface area contributed by atoms with Crippen molar-refractivity contribution in [1.29, 1.82) is 0 Å². The van der Waals surface area contributed by atoms with Gasteiger partial charge in [0.2, 0.25) is 0 Å². The molecule has 2 amide bonds. The Kier molecular flexibility index (Phi) is 6.08. The average molecular weight is 368 g/mol. The van der Waals surface area contributed by atoms with Crippen LogP contribution in [0.2, 0.25) is 0 Å². The fraction of sp³-hybridized carbons (Fsp3) is 0.333. The van der Waals surface area contributed by atoms with Crippen molar-refractivity contribution in [3.05, 3.63) is 59.7 Å². The molecule has 1 saturated heterocycles. The van der Waals surface area contributed by atoms with Crippen LogP contribution in [-0.2, 0) is 9.53 Å². The van der Waals surface area contributed by atoms with E-state index in [-0.39, 0.29) is 11.8 Å². The maximum atomic E-state index is 12.6. The van der Waals surface area contributed by atoms with E-state index in [1.807, 2.05) is 31.2 Å². The predicted octanol–water partition coefficient (Wildman–Crippen LogP) is 2.87. The van der Waals surface area contributed by atoms with Gasteiger partial charge in [-0.25, -0.2) is 0 Å². The molecular formula is C21H24N2O4. The average Bonchev–Trinajstić information content (AvgIpc) is 2.70. The van der Waals surface area contributed by atoms with Gasteiger partial charge in [0.1, 0.15) is 5.75 Å². The number of rotatable bonds is 5. The summed E-state index contributed by atoms with van der Waals surface area (Å²) in [6.45, 7) is 5.95. The van der Waals surface area contributed by atoms with Crippen LogP contribution in [0.1, 0.15) is 22.8 Å². The highest BCUT2D eigenvalue weighted by Gasteiger charge is 2.20. The summed E-state index contributed by atoms with van der Waals surface area (Å²) in [5, 5.41) is 2.81. The van der Waals surface area contributed by atoms with Gasteiger partial charge in [-0.05, 0) is 44.2 Å². The fourth-order valence-electron chi connectivity index (χ4n) is 2.80. The standard InChI is InChI=1S/C21H24N2O4/c1-15-6-8-19(9-7-15)27-16(2)20(24)22-18-5-3-4-17(14-18)21(25)23-10-12-26-13-11-23/h3-9,14,16H,10-13H2,1-2H3,(H,22,24)/t16-/m1/s1. The molecule has 27 heavy (non-hydrogen) atoms. The number of nitrogens with one attached hydrogen (secondary N) is 1. The molecule has 1 fully saturated rings. The summed E-state index contributed by atoms with van der Waals surface area (Å²) in [7, 11) is 0. The number of morpholine rings is 1. The van der Waals surface area contributed by atoms with E-state index in [1.54, 1.807) is 36.1 Å². The van der Waals surface area contributed by atoms with E-state index in [0.717, 1.165) is 5.56 Å². The zero-order chi connectivity index (χ0) is 19.2. The molecule has 1 aliphatic rings. The first-order valence-electron chi connectivity index (χ1n) is 9.04. The van der Waals surface area contributed by atoms with E-state index in [2.05, 4.69) is 5.32 Å². The number of hydrogen-bond acceptors (Lipinski definition) is 4. The van der Waals surface area contributed by atoms with Crippen molar-refractivity contribution < 1.29 is 19.1 Å². The first-order chi connectivity index (χ1) is 13.0. The van der Waals surface area contributed by atoms with Crippen LogP contribution in [0.25, 0.3) is 0 Å². The zero-order valence-electron chi connectivity index (χ0n) is 15.6. The molecule has 142 valence electrons. The molecule has 6 heteroatoms. The molecule has 1 aliphatic heterocycles. The van der Waals surface area contributed by atoms with Gasteiger partial charge in [-0.3, -0.25) is 9.59 Å². The van der Waals surface area contributed by atoms with Gasteiger partial charge in [0.05, 0.1) is 13.2 Å². The quantitative estimate of drug-likeness (QED) is 0.881. The van der Waals surface area contributed by atoms with Crippen molar-refractivity contribution in [2.75, 3.05) is 31.6 Å². The van der Waals surface area contributed by atoms with Gasteiger partial charge in [-0.2, -0.15) is 0 Å². The van der Waals surface area contributed by atoms with Gasteiger partial charge in [-0.15, -0.1) is 0 Å². The number of nitrogens with zero attached hydrogens (tertiary/aromatic N) is 1. The van der Waals surface area contributed by atoms with Crippen LogP contribution in [0.15, 0.2) is 48.5 Å². The molecule has 0 radical (unpaired) electrons. The van der Waals surface area contributed by atoms with E-state index < -0.39 is 6.10 Å². The van der Waals surface area contributed by atoms with Crippen molar-refractivity contribution in [3.63, 3.8) is 0 Å². The van der Waals surface area contributed by atoms with Gasteiger partial charge >= 0.3 is 0 Å². The smallest absolute Gasteiger partial charge is 0.265 e. The Hall–Kier alpha value is -2.86. The van der Waals surface area contributed by atoms with Gasteiger partial charge in [0, 0.05) is 24.3 Å². The summed E-state index contributed by atoms with van der Waals surface area (Å²) < 4.78 is 11.0. The highest BCUT2D eigenvalue weighted by molar-refractivity contribution is 5.98. The molecule has 6 nitrogen and oxygen atoms in total. The van der Waals surface area contributed by atoms with Crippen molar-refractivity contribution >= 4 is 17.5 Å². The molecule has 0 aromatic heterocycles. The van der Waals surface area contributed by atoms with Crippen LogP contribution in [-0.4, -0.2) is 49.1 Å². The van der Waals surface area contributed by atoms with Crippen LogP contribution >= 0.6 is 0 Å². The lowest BCUT2D eigenvalue weighted by Gasteiger charge is -2.27. The van der Waals surface area contributed by atoms with Crippen molar-refractivity contribution in [1.82, 2.24) is 4.90 Å². The maximum absolute atomic E-state index is 12.6. The second kappa shape index (κ2) is 8.68. The molecule has 0 unspecified atom stereocenters. The van der Waals surface area contributed by atoms with Crippen LogP contribution in [0.5, 0.6) is 5.75 Å². The van der Waals surface area contributed by atoms with Crippen molar-refractivity contribution in [2.45, 2.75) is 20.0 Å². The van der Waals surface area contributed by atoms with Gasteiger partial charge < -0.3 is 19.7 Å². The number of anilines is 1. The van der Waals surface area contributed by atoms with E-state index in [0.29, 0.717) is 43.3 Å². The van der Waals surface area contributed by atoms with Gasteiger partial charge in [-0.1, -0.05) is 23.8 Å². The molecule has 0 bridgehead atoms. The van der Waals surface area contributed by atoms with Crippen molar-refractivity contribution in [3.8, 4) is 5.75 Å². The second-order valence-corrected chi connectivity index (χ2v) is 6.55. The summed E-state index contributed by atoms with van der Waals surface area (Å²) in [6.07, 6.45) is -0.661. The Morgan fingerprint density at radius 1 is 1.11 bits per heavy atom. The van der Waals surface area contributed by atoms with Gasteiger partial charge in [0.25, 0.3) is 11.8 Å². The summed E-state index contributed by atoms with van der Waals surface area (Å²) in [4.78, 5) is 26.7. The first-order valence-corrected chi connectivity index (χ1v) is 9.04. The van der Waals surface area contributed by atoms with Crippen molar-refractivity contribution in [2.24, 2.45) is 0 Å². The van der Waals surface area contributed by atoms with E-state index in [4.69, 9.17) is 9.47 Å². The molecule has 0 aliphatic carbocycles. The topological polar surface area (TPSA) is 67.9 Å². The van der Waals surface area contributed by atoms with E-state index in [9.17, 15) is 9.59 Å². The highest BCUT2D eigenvalue weighted by atomic mass is 16.5. The van der Waals surface area contributed by atoms with E-state index in [1.165, 1.54) is 0 Å². The molecule has 0 saturated carbocycles. The molecule has 2 aromatic carbocycles. The number of aryl methyl sites for hydroxylation is 1. The number of benzene rings is 2. The molecule has 2 aromatic rings. The first kappa shape index (κ1) is 18.9. The highest BCUT2D eigenvalue weighted by Crippen LogP contribution is 2.16. The summed E-state index contributed by atoms with van der Waals surface area (Å²) >= 11 is 0. The third-order valence-electron chi connectivity index (χ3n) is 4.38. The summed E-state index contributed by atoms with van der Waals surface area (Å²) in [5.41, 5.74) is 2.24. The fourth-order valence-corrected chi connectivity index (χ4v) is 2.80. The van der Waals surface area contributed by atoms with E-state index >= 15 is 0 Å². The number of carbonyl (C=O) groups excluding carboxylic acids is 2. The lowest BCUT2D eigenvalue weighted by Crippen LogP contribution is -2.40. The monoisotopic (exact) mass is 368 g/mol. The molecule has 3 rings (SSSR count). The van der Waals surface area contributed by atoms with Crippen LogP contribution in [0.4, 0.5) is 5.69 Å². The normalized spacial score (nSPS) is 15.1. The minimum atomic E-state index is -0.661. The number of ether oxygens (including phenoxy) is 2. The number of hydrogen-bond donors (Lipinski definition) is 1. The number of carbonyl (C=O) groups is 2. The molecule has 1 N–H and O–H groups in total. The second-order valence-electron chi connectivity index (χ2n) is 6.55. The van der Waals surface area contributed by atoms with Crippen LogP contribution < -0.4 is 10.1 Å². The van der Waals surface area contributed by atoms with Crippen LogP contribution in [0.3, 0.4) is 0 Å². The Morgan fingerprint density at radius 3 is 2.52 bits per heavy atom. The summed E-state index contributed by atoms with van der Waals surface area (Å²) in [5.74, 6) is 0.310. The Labute approximate surface area is 159 Å². The Balaban J connectivity index is 1.61. The van der Waals surface area contributed by atoms with Gasteiger partial charge in [0.15, 0.2) is 6.10 Å². The largest absolute Gasteiger partial charge is 0.481 e. The lowest BCUT2D eigenvalue weighted by atomic mass is 10.1. The predicted molar refractivity (Wildman–Crippen MR) is 103 cm³/mol. The molecule has 0 spiro atoms. The third kappa shape index (κ3) is 5.08. The molecule has 1 atom stereocenters.